The summed E-state index contributed by atoms with van der Waals surface area (Å²) in [5, 5.41) is 3.89. The molecule has 0 aliphatic rings. The van der Waals surface area contributed by atoms with Crippen molar-refractivity contribution in [3.05, 3.63) is 78.3 Å². The van der Waals surface area contributed by atoms with Gasteiger partial charge >= 0.3 is 6.18 Å². The number of alkyl halides is 3. The lowest BCUT2D eigenvalue weighted by Gasteiger charge is -2.13. The van der Waals surface area contributed by atoms with Gasteiger partial charge in [-0.05, 0) is 35.7 Å². The zero-order valence-corrected chi connectivity index (χ0v) is 14.0. The Morgan fingerprint density at radius 3 is 2.56 bits per heavy atom. The van der Waals surface area contributed by atoms with Crippen LogP contribution in [0.15, 0.2) is 61.2 Å². The number of benzene rings is 2. The van der Waals surface area contributed by atoms with E-state index in [2.05, 4.69) is 16.9 Å². The van der Waals surface area contributed by atoms with Crippen molar-refractivity contribution in [2.24, 2.45) is 0 Å². The molecule has 1 heterocycles. The minimum atomic E-state index is -4.63. The van der Waals surface area contributed by atoms with Crippen LogP contribution in [0.3, 0.4) is 0 Å². The summed E-state index contributed by atoms with van der Waals surface area (Å²) < 4.78 is 52.9. The number of carbonyl (C=O) groups excluding carboxylic acids is 1. The van der Waals surface area contributed by atoms with E-state index in [0.29, 0.717) is 17.1 Å². The summed E-state index contributed by atoms with van der Waals surface area (Å²) in [6.07, 6.45) is -3.52. The van der Waals surface area contributed by atoms with Gasteiger partial charge in [-0.15, -0.1) is 0 Å². The van der Waals surface area contributed by atoms with E-state index in [1.807, 2.05) is 0 Å². The zero-order valence-electron chi connectivity index (χ0n) is 14.0. The molecule has 0 saturated carbocycles. The molecule has 0 radical (unpaired) electrons. The van der Waals surface area contributed by atoms with E-state index >= 15 is 0 Å². The van der Waals surface area contributed by atoms with Crippen molar-refractivity contribution in [2.45, 2.75) is 12.7 Å². The maximum absolute atomic E-state index is 14.5. The lowest BCUT2D eigenvalue weighted by molar-refractivity contribution is -0.137. The predicted octanol–water partition coefficient (Wildman–Crippen LogP) is 4.86. The first-order valence-corrected chi connectivity index (χ1v) is 7.95. The number of hydrogen-bond donors (Lipinski definition) is 1. The van der Waals surface area contributed by atoms with Gasteiger partial charge in [-0.3, -0.25) is 9.78 Å². The molecule has 0 saturated heterocycles. The molecule has 3 aromatic rings. The van der Waals surface area contributed by atoms with Gasteiger partial charge in [-0.25, -0.2) is 4.39 Å². The van der Waals surface area contributed by atoms with Crippen molar-refractivity contribution >= 4 is 16.7 Å². The number of fused-ring (bicyclic) bond motifs is 1. The van der Waals surface area contributed by atoms with Crippen LogP contribution in [0.4, 0.5) is 17.6 Å². The van der Waals surface area contributed by atoms with Crippen molar-refractivity contribution in [2.75, 3.05) is 0 Å². The van der Waals surface area contributed by atoms with Gasteiger partial charge in [0.1, 0.15) is 5.82 Å². The molecule has 0 atom stereocenters. The Balaban J connectivity index is 2.12. The monoisotopic (exact) mass is 374 g/mol. The van der Waals surface area contributed by atoms with Gasteiger partial charge in [0.15, 0.2) is 0 Å². The van der Waals surface area contributed by atoms with Crippen LogP contribution in [0, 0.1) is 5.82 Å². The van der Waals surface area contributed by atoms with Crippen LogP contribution in [0.2, 0.25) is 0 Å². The first-order chi connectivity index (χ1) is 12.8. The largest absolute Gasteiger partial charge is 0.416 e. The lowest BCUT2D eigenvalue weighted by Crippen LogP contribution is -2.20. The van der Waals surface area contributed by atoms with Crippen molar-refractivity contribution in [1.82, 2.24) is 10.3 Å². The Morgan fingerprint density at radius 2 is 1.89 bits per heavy atom. The molecule has 0 bridgehead atoms. The summed E-state index contributed by atoms with van der Waals surface area (Å²) in [6.45, 7) is 3.43. The Kier molecular flexibility index (Phi) is 4.94. The number of halogens is 4. The molecule has 0 fully saturated rings. The summed E-state index contributed by atoms with van der Waals surface area (Å²) in [6, 6.07) is 11.1. The van der Waals surface area contributed by atoms with Gasteiger partial charge in [0.25, 0.3) is 0 Å². The second kappa shape index (κ2) is 7.19. The average Bonchev–Trinajstić information content (AvgIpc) is 2.64. The van der Waals surface area contributed by atoms with Crippen LogP contribution in [0.5, 0.6) is 0 Å². The van der Waals surface area contributed by atoms with Crippen LogP contribution in [0.1, 0.15) is 11.3 Å². The summed E-state index contributed by atoms with van der Waals surface area (Å²) in [4.78, 5) is 15.7. The number of pyridine rings is 1. The molecule has 1 aromatic heterocycles. The fraction of sp³-hybridized carbons (Fsp3) is 0.100. The third-order valence-corrected chi connectivity index (χ3v) is 3.97. The minimum absolute atomic E-state index is 0.0453. The van der Waals surface area contributed by atoms with Crippen molar-refractivity contribution < 1.29 is 22.4 Å². The van der Waals surface area contributed by atoms with Gasteiger partial charge in [-0.1, -0.05) is 30.8 Å². The summed E-state index contributed by atoms with van der Waals surface area (Å²) in [7, 11) is 0. The maximum Gasteiger partial charge on any atom is 0.416 e. The van der Waals surface area contributed by atoms with E-state index in [4.69, 9.17) is 0 Å². The smallest absolute Gasteiger partial charge is 0.347 e. The fourth-order valence-electron chi connectivity index (χ4n) is 2.68. The third kappa shape index (κ3) is 3.97. The molecule has 27 heavy (non-hydrogen) atoms. The van der Waals surface area contributed by atoms with Crippen LogP contribution < -0.4 is 5.32 Å². The van der Waals surface area contributed by atoms with Gasteiger partial charge in [0.05, 0.1) is 23.5 Å². The molecule has 2 aromatic carbocycles. The highest BCUT2D eigenvalue weighted by atomic mass is 19.4. The Bertz CT molecular complexity index is 1030. The van der Waals surface area contributed by atoms with Gasteiger partial charge in [-0.2, -0.15) is 13.2 Å². The summed E-state index contributed by atoms with van der Waals surface area (Å²) in [5.41, 5.74) is -0.459. The highest BCUT2D eigenvalue weighted by Crippen LogP contribution is 2.34. The molecule has 3 nitrogen and oxygen atoms in total. The fourth-order valence-corrected chi connectivity index (χ4v) is 2.68. The number of aromatic nitrogens is 1. The molecular weight excluding hydrogens is 360 g/mol. The zero-order chi connectivity index (χ0) is 19.6. The normalized spacial score (nSPS) is 11.4. The first kappa shape index (κ1) is 18.6. The average molecular weight is 374 g/mol. The second-order valence-corrected chi connectivity index (χ2v) is 5.80. The van der Waals surface area contributed by atoms with Crippen molar-refractivity contribution in [3.8, 4) is 11.3 Å². The van der Waals surface area contributed by atoms with E-state index in [-0.39, 0.29) is 17.8 Å². The number of rotatable bonds is 4. The number of nitrogens with zero attached hydrogens (tertiary/aromatic N) is 1. The number of carbonyl (C=O) groups is 1. The van der Waals surface area contributed by atoms with Crippen LogP contribution in [0.25, 0.3) is 22.0 Å². The minimum Gasteiger partial charge on any atom is -0.347 e. The Morgan fingerprint density at radius 1 is 1.15 bits per heavy atom. The van der Waals surface area contributed by atoms with Crippen molar-refractivity contribution in [1.29, 1.82) is 0 Å². The first-order valence-electron chi connectivity index (χ1n) is 7.95. The molecule has 0 aliphatic carbocycles. The molecule has 7 heteroatoms. The molecule has 3 rings (SSSR count). The van der Waals surface area contributed by atoms with Crippen LogP contribution >= 0.6 is 0 Å². The molecule has 1 amide bonds. The third-order valence-electron chi connectivity index (χ3n) is 3.97. The van der Waals surface area contributed by atoms with Gasteiger partial charge in [0.2, 0.25) is 5.91 Å². The van der Waals surface area contributed by atoms with E-state index in [1.54, 1.807) is 30.3 Å². The van der Waals surface area contributed by atoms with E-state index in [0.717, 1.165) is 23.6 Å². The lowest BCUT2D eigenvalue weighted by atomic mass is 10.0. The van der Waals surface area contributed by atoms with E-state index in [1.165, 1.54) is 0 Å². The molecule has 0 unspecified atom stereocenters. The molecule has 1 N–H and O–H groups in total. The van der Waals surface area contributed by atoms with Crippen molar-refractivity contribution in [3.63, 3.8) is 0 Å². The highest BCUT2D eigenvalue weighted by Gasteiger charge is 2.31. The SMILES string of the molecule is C=CC(=O)NCc1cc2ccccc2c(-c2ccc(C(F)(F)F)cc2F)n1. The Labute approximate surface area is 152 Å². The van der Waals surface area contributed by atoms with E-state index in [9.17, 15) is 22.4 Å². The quantitative estimate of drug-likeness (QED) is 0.523. The number of nitrogens with one attached hydrogen (secondary N) is 1. The molecule has 138 valence electrons. The Hall–Kier alpha value is -3.22. The second-order valence-electron chi connectivity index (χ2n) is 5.80. The van der Waals surface area contributed by atoms with Crippen LogP contribution in [-0.4, -0.2) is 10.9 Å². The number of hydrogen-bond acceptors (Lipinski definition) is 2. The maximum atomic E-state index is 14.5. The summed E-state index contributed by atoms with van der Waals surface area (Å²) in [5.74, 6) is -1.41. The summed E-state index contributed by atoms with van der Waals surface area (Å²) >= 11 is 0. The van der Waals surface area contributed by atoms with Gasteiger partial charge in [0, 0.05) is 10.9 Å². The predicted molar refractivity (Wildman–Crippen MR) is 94.2 cm³/mol. The molecular formula is C20H14F4N2O. The van der Waals surface area contributed by atoms with Gasteiger partial charge < -0.3 is 5.32 Å². The highest BCUT2D eigenvalue weighted by molar-refractivity contribution is 5.95. The number of amides is 1. The topological polar surface area (TPSA) is 42.0 Å². The van der Waals surface area contributed by atoms with Crippen LogP contribution in [-0.2, 0) is 17.5 Å². The standard InChI is InChI=1S/C20H14F4N2O/c1-2-18(27)25-11-14-9-12-5-3-4-6-15(12)19(26-14)16-8-7-13(10-17(16)21)20(22,23)24/h2-10H,1,11H2,(H,25,27). The van der Waals surface area contributed by atoms with E-state index < -0.39 is 23.5 Å². The molecule has 0 spiro atoms. The molecule has 0 aliphatic heterocycles.